The van der Waals surface area contributed by atoms with Gasteiger partial charge < -0.3 is 32.9 Å². The molecular weight excluding hydrogens is 515 g/mol. The van der Waals surface area contributed by atoms with Gasteiger partial charge in [0.15, 0.2) is 13.6 Å². The Morgan fingerprint density at radius 3 is 1.28 bits per heavy atom. The lowest BCUT2D eigenvalue weighted by molar-refractivity contribution is -0.00876. The van der Waals surface area contributed by atoms with Crippen molar-refractivity contribution in [1.29, 1.82) is 0 Å². The molecule has 0 saturated carbocycles. The van der Waals surface area contributed by atoms with E-state index in [9.17, 15) is 0 Å². The molecule has 0 aliphatic heterocycles. The predicted molar refractivity (Wildman–Crippen MR) is 160 cm³/mol. The summed E-state index contributed by atoms with van der Waals surface area (Å²) in [5, 5.41) is 1.98. The molecule has 0 aromatic heterocycles. The van der Waals surface area contributed by atoms with Crippen LogP contribution in [0.2, 0.25) is 0 Å². The fourth-order valence-corrected chi connectivity index (χ4v) is 6.19. The average Bonchev–Trinajstić information content (AvgIpc) is 2.84. The Kier molecular flexibility index (Phi) is 13.1. The van der Waals surface area contributed by atoms with Crippen LogP contribution in [0.15, 0.2) is 24.3 Å². The van der Waals surface area contributed by atoms with E-state index in [1.165, 1.54) is 0 Å². The van der Waals surface area contributed by atoms with Crippen LogP contribution in [-0.4, -0.2) is 61.3 Å². The van der Waals surface area contributed by atoms with Crippen molar-refractivity contribution in [2.24, 2.45) is 0 Å². The van der Waals surface area contributed by atoms with Crippen molar-refractivity contribution in [3.8, 4) is 11.5 Å². The first-order valence-corrected chi connectivity index (χ1v) is 14.6. The molecule has 0 radical (unpaired) electrons. The van der Waals surface area contributed by atoms with Gasteiger partial charge >= 0.3 is 0 Å². The summed E-state index contributed by atoms with van der Waals surface area (Å²) < 4.78 is 40.7. The third-order valence-electron chi connectivity index (χ3n) is 6.10. The van der Waals surface area contributed by atoms with Gasteiger partial charge in [0.05, 0.1) is 34.6 Å². The molecular formula is C31H49O7P. The molecule has 0 spiro atoms. The number of methoxy groups -OCH3 is 2. The van der Waals surface area contributed by atoms with E-state index in [2.05, 4.69) is 79.7 Å². The first kappa shape index (κ1) is 33.5. The van der Waals surface area contributed by atoms with Gasteiger partial charge in [0.25, 0.3) is 0 Å². The van der Waals surface area contributed by atoms with Crippen molar-refractivity contribution in [1.82, 2.24) is 0 Å². The Hall–Kier alpha value is -1.73. The average molecular weight is 565 g/mol. The third-order valence-corrected chi connectivity index (χ3v) is 8.01. The summed E-state index contributed by atoms with van der Waals surface area (Å²) in [5.41, 5.74) is 4.17. The molecule has 8 heteroatoms. The topological polar surface area (TPSA) is 64.6 Å². The maximum atomic E-state index is 6.37. The highest BCUT2D eigenvalue weighted by atomic mass is 31.1. The second kappa shape index (κ2) is 15.3. The number of hydrogen-bond acceptors (Lipinski definition) is 7. The van der Waals surface area contributed by atoms with Crippen molar-refractivity contribution in [3.05, 3.63) is 46.5 Å². The Morgan fingerprint density at radius 2 is 0.974 bits per heavy atom. The highest BCUT2D eigenvalue weighted by molar-refractivity contribution is 7.69. The first-order valence-electron chi connectivity index (χ1n) is 13.4. The number of hydrogen-bond donors (Lipinski definition) is 0. The molecule has 0 fully saturated rings. The van der Waals surface area contributed by atoms with Crippen LogP contribution in [0.25, 0.3) is 0 Å². The van der Waals surface area contributed by atoms with Crippen LogP contribution in [0, 0.1) is 13.8 Å². The van der Waals surface area contributed by atoms with E-state index in [0.717, 1.165) is 44.4 Å². The molecule has 0 saturated heterocycles. The molecule has 0 aliphatic carbocycles. The van der Waals surface area contributed by atoms with Crippen LogP contribution in [0.1, 0.15) is 63.8 Å². The molecule has 2 aromatic carbocycles. The first-order chi connectivity index (χ1) is 18.3. The summed E-state index contributed by atoms with van der Waals surface area (Å²) in [6.45, 7) is 19.5. The smallest absolute Gasteiger partial charge is 0.189 e. The van der Waals surface area contributed by atoms with Gasteiger partial charge in [-0.25, -0.2) is 0 Å². The SMILES string of the molecule is COCCOCOc1c(P(OC)c2cc(C)cc(C(C)(C)C)c2OCOCCOC)cc(C)cc1C(C)(C)C. The van der Waals surface area contributed by atoms with Crippen molar-refractivity contribution >= 4 is 18.8 Å². The highest BCUT2D eigenvalue weighted by Crippen LogP contribution is 2.46. The van der Waals surface area contributed by atoms with Gasteiger partial charge in [-0.3, -0.25) is 0 Å². The minimum Gasteiger partial charge on any atom is -0.466 e. The predicted octanol–water partition coefficient (Wildman–Crippen LogP) is 5.89. The Morgan fingerprint density at radius 1 is 0.590 bits per heavy atom. The summed E-state index contributed by atoms with van der Waals surface area (Å²) >= 11 is 0. The molecule has 2 rings (SSSR count). The summed E-state index contributed by atoms with van der Waals surface area (Å²) in [7, 11) is 3.75. The van der Waals surface area contributed by atoms with Gasteiger partial charge in [-0.2, -0.15) is 0 Å². The molecule has 7 nitrogen and oxygen atoms in total. The van der Waals surface area contributed by atoms with Crippen LogP contribution in [0.4, 0.5) is 0 Å². The summed E-state index contributed by atoms with van der Waals surface area (Å²) in [4.78, 5) is 0. The molecule has 0 amide bonds. The van der Waals surface area contributed by atoms with E-state index in [-0.39, 0.29) is 24.4 Å². The number of ether oxygens (including phenoxy) is 6. The molecule has 0 N–H and O–H groups in total. The van der Waals surface area contributed by atoms with Crippen LogP contribution in [0.5, 0.6) is 11.5 Å². The minimum absolute atomic E-state index is 0.118. The largest absolute Gasteiger partial charge is 0.466 e. The van der Waals surface area contributed by atoms with Crippen LogP contribution < -0.4 is 20.1 Å². The molecule has 0 bridgehead atoms. The second-order valence-corrected chi connectivity index (χ2v) is 13.5. The molecule has 2 aromatic rings. The quantitative estimate of drug-likeness (QED) is 0.152. The van der Waals surface area contributed by atoms with Gasteiger partial charge in [-0.15, -0.1) is 0 Å². The molecule has 0 unspecified atom stereocenters. The lowest BCUT2D eigenvalue weighted by Gasteiger charge is -2.30. The van der Waals surface area contributed by atoms with Crippen LogP contribution >= 0.6 is 8.15 Å². The third kappa shape index (κ3) is 9.70. The van der Waals surface area contributed by atoms with Gasteiger partial charge in [-0.05, 0) is 47.9 Å². The van der Waals surface area contributed by atoms with E-state index < -0.39 is 8.15 Å². The van der Waals surface area contributed by atoms with E-state index in [0.29, 0.717) is 26.4 Å². The minimum atomic E-state index is -1.31. The van der Waals surface area contributed by atoms with E-state index >= 15 is 0 Å². The van der Waals surface area contributed by atoms with Crippen LogP contribution in [0.3, 0.4) is 0 Å². The summed E-state index contributed by atoms with van der Waals surface area (Å²) in [5.74, 6) is 1.58. The Balaban J connectivity index is 2.69. The van der Waals surface area contributed by atoms with Crippen molar-refractivity contribution in [2.45, 2.75) is 66.2 Å². The summed E-state index contributed by atoms with van der Waals surface area (Å²) in [6, 6.07) is 8.70. The van der Waals surface area contributed by atoms with Crippen molar-refractivity contribution in [3.63, 3.8) is 0 Å². The zero-order valence-electron chi connectivity index (χ0n) is 25.9. The fourth-order valence-electron chi connectivity index (χ4n) is 4.16. The molecule has 220 valence electrons. The van der Waals surface area contributed by atoms with Crippen molar-refractivity contribution in [2.75, 3.05) is 61.3 Å². The molecule has 39 heavy (non-hydrogen) atoms. The van der Waals surface area contributed by atoms with E-state index in [1.807, 2.05) is 0 Å². The van der Waals surface area contributed by atoms with Crippen LogP contribution in [-0.2, 0) is 34.3 Å². The molecule has 0 aliphatic rings. The second-order valence-electron chi connectivity index (χ2n) is 11.6. The zero-order chi connectivity index (χ0) is 29.2. The monoisotopic (exact) mass is 564 g/mol. The van der Waals surface area contributed by atoms with Gasteiger partial charge in [0.1, 0.15) is 11.5 Å². The van der Waals surface area contributed by atoms with E-state index in [1.54, 1.807) is 21.3 Å². The van der Waals surface area contributed by atoms with Gasteiger partial charge in [0, 0.05) is 43.1 Å². The normalized spacial score (nSPS) is 12.3. The number of aryl methyl sites for hydroxylation is 2. The van der Waals surface area contributed by atoms with Gasteiger partial charge in [0.2, 0.25) is 0 Å². The Bertz CT molecular complexity index is 959. The standard InChI is InChI=1S/C31H49O7P/c1-22-16-24(30(3,4)5)28(37-20-35-14-12-32-9)26(18-22)39(34-11)27-19-23(2)17-25(31(6,7)8)29(27)38-21-36-15-13-33-10/h16-19H,12-15,20-21H2,1-11H3. The Labute approximate surface area is 237 Å². The lowest BCUT2D eigenvalue weighted by atomic mass is 9.85. The fraction of sp³-hybridized carbons (Fsp3) is 0.613. The van der Waals surface area contributed by atoms with Crippen molar-refractivity contribution < 1.29 is 32.9 Å². The summed E-state index contributed by atoms with van der Waals surface area (Å²) in [6.07, 6.45) is 0. The number of rotatable bonds is 15. The maximum absolute atomic E-state index is 6.37. The lowest BCUT2D eigenvalue weighted by Crippen LogP contribution is -2.26. The number of benzene rings is 2. The molecule has 0 atom stereocenters. The van der Waals surface area contributed by atoms with Gasteiger partial charge in [-0.1, -0.05) is 53.7 Å². The maximum Gasteiger partial charge on any atom is 0.189 e. The van der Waals surface area contributed by atoms with E-state index in [4.69, 9.17) is 32.9 Å². The highest BCUT2D eigenvalue weighted by Gasteiger charge is 2.31. The zero-order valence-corrected chi connectivity index (χ0v) is 26.8. The molecule has 0 heterocycles.